The third kappa shape index (κ3) is 4.95. The van der Waals surface area contributed by atoms with Gasteiger partial charge in [0.1, 0.15) is 34.7 Å². The number of halogens is 2. The second kappa shape index (κ2) is 10.2. The maximum absolute atomic E-state index is 14.2. The zero-order valence-corrected chi connectivity index (χ0v) is 22.3. The fraction of sp³-hybridized carbons (Fsp3) is 0.250. The van der Waals surface area contributed by atoms with E-state index in [2.05, 4.69) is 16.0 Å². The van der Waals surface area contributed by atoms with Crippen LogP contribution in [0.25, 0.3) is 11.5 Å². The molecule has 0 unspecified atom stereocenters. The Labute approximate surface area is 223 Å². The Balaban J connectivity index is 1.76. The van der Waals surface area contributed by atoms with Gasteiger partial charge in [0.25, 0.3) is 11.1 Å². The highest BCUT2D eigenvalue weighted by atomic mass is 35.5. The highest BCUT2D eigenvalue weighted by Crippen LogP contribution is 2.26. The van der Waals surface area contributed by atoms with Crippen LogP contribution in [0.4, 0.5) is 4.39 Å². The van der Waals surface area contributed by atoms with E-state index in [-0.39, 0.29) is 34.5 Å². The number of nitrogens with zero attached hydrogens (tertiary/aromatic N) is 5. The predicted molar refractivity (Wildman–Crippen MR) is 142 cm³/mol. The number of hydrogen-bond acceptors (Lipinski definition) is 6. The van der Waals surface area contributed by atoms with Gasteiger partial charge in [0.15, 0.2) is 0 Å². The normalized spacial score (nSPS) is 11.3. The van der Waals surface area contributed by atoms with Gasteiger partial charge in [-0.05, 0) is 57.9 Å². The van der Waals surface area contributed by atoms with Gasteiger partial charge in [-0.1, -0.05) is 17.7 Å². The van der Waals surface area contributed by atoms with Crippen LogP contribution in [0.1, 0.15) is 41.9 Å². The molecule has 0 aliphatic heterocycles. The molecular weight excluding hydrogens is 509 g/mol. The molecule has 0 spiro atoms. The number of aryl methyl sites for hydroxylation is 3. The maximum Gasteiger partial charge on any atom is 0.277 e. The average molecular weight is 534 g/mol. The van der Waals surface area contributed by atoms with E-state index >= 15 is 0 Å². The minimum atomic E-state index is -0.998. The van der Waals surface area contributed by atoms with Gasteiger partial charge in [0.05, 0.1) is 17.2 Å². The van der Waals surface area contributed by atoms with Crippen molar-refractivity contribution in [3.63, 3.8) is 0 Å². The third-order valence-electron chi connectivity index (χ3n) is 6.17. The molecule has 4 aromatic rings. The van der Waals surface area contributed by atoms with Gasteiger partial charge in [0, 0.05) is 42.0 Å². The van der Waals surface area contributed by atoms with E-state index in [0.717, 1.165) is 0 Å². The van der Waals surface area contributed by atoms with Crippen molar-refractivity contribution in [1.29, 1.82) is 5.26 Å². The second-order valence-electron chi connectivity index (χ2n) is 9.50. The molecule has 10 heteroatoms. The first-order chi connectivity index (χ1) is 17.9. The van der Waals surface area contributed by atoms with E-state index in [1.54, 1.807) is 71.3 Å². The van der Waals surface area contributed by atoms with Crippen LogP contribution in [0.3, 0.4) is 0 Å². The molecule has 0 aromatic carbocycles. The van der Waals surface area contributed by atoms with Crippen LogP contribution < -0.4 is 15.9 Å². The first-order valence-electron chi connectivity index (χ1n) is 11.7. The van der Waals surface area contributed by atoms with E-state index < -0.39 is 16.8 Å². The largest absolute Gasteiger partial charge is 0.485 e. The van der Waals surface area contributed by atoms with Crippen molar-refractivity contribution in [2.75, 3.05) is 0 Å². The summed E-state index contributed by atoms with van der Waals surface area (Å²) in [5.41, 5.74) is 0.789. The molecule has 194 valence electrons. The number of nitriles is 1. The molecule has 0 atom stereocenters. The molecule has 0 N–H and O–H groups in total. The smallest absolute Gasteiger partial charge is 0.277 e. The lowest BCUT2D eigenvalue weighted by Crippen LogP contribution is -2.30. The van der Waals surface area contributed by atoms with Crippen LogP contribution in [0.15, 0.2) is 58.5 Å². The summed E-state index contributed by atoms with van der Waals surface area (Å²) in [5.74, 6) is -0.139. The number of pyridine rings is 4. The maximum atomic E-state index is 14.2. The minimum Gasteiger partial charge on any atom is -0.485 e. The molecule has 4 heterocycles. The van der Waals surface area contributed by atoms with Gasteiger partial charge < -0.3 is 4.74 Å². The number of ether oxygens (including phenoxy) is 1. The quantitative estimate of drug-likeness (QED) is 0.350. The lowest BCUT2D eigenvalue weighted by molar-refractivity contribution is 0.293. The minimum absolute atomic E-state index is 0.0929. The zero-order chi connectivity index (χ0) is 27.8. The van der Waals surface area contributed by atoms with Gasteiger partial charge in [-0.25, -0.2) is 9.37 Å². The molecule has 0 saturated carbocycles. The molecule has 0 bridgehead atoms. The van der Waals surface area contributed by atoms with Crippen molar-refractivity contribution in [3.05, 3.63) is 109 Å². The van der Waals surface area contributed by atoms with Crippen LogP contribution in [0.2, 0.25) is 5.02 Å². The van der Waals surface area contributed by atoms with Gasteiger partial charge >= 0.3 is 0 Å². The Hall–Kier alpha value is -4.29. The molecule has 0 aliphatic carbocycles. The summed E-state index contributed by atoms with van der Waals surface area (Å²) in [6.45, 7) is 8.34. The highest BCUT2D eigenvalue weighted by molar-refractivity contribution is 6.31. The van der Waals surface area contributed by atoms with Crippen molar-refractivity contribution in [1.82, 2.24) is 19.1 Å². The van der Waals surface area contributed by atoms with E-state index in [4.69, 9.17) is 16.3 Å². The van der Waals surface area contributed by atoms with Gasteiger partial charge in [0.2, 0.25) is 0 Å². The van der Waals surface area contributed by atoms with Crippen molar-refractivity contribution in [3.8, 4) is 23.3 Å². The third-order valence-corrected chi connectivity index (χ3v) is 6.51. The summed E-state index contributed by atoms with van der Waals surface area (Å²) >= 11 is 6.40. The molecular formula is C28H25ClFN5O3. The first-order valence-corrected chi connectivity index (χ1v) is 12.1. The lowest BCUT2D eigenvalue weighted by Gasteiger charge is -2.18. The van der Waals surface area contributed by atoms with Crippen molar-refractivity contribution in [2.45, 2.75) is 46.6 Å². The molecule has 0 amide bonds. The molecule has 4 rings (SSSR count). The van der Waals surface area contributed by atoms with Crippen LogP contribution >= 0.6 is 11.6 Å². The van der Waals surface area contributed by atoms with Crippen LogP contribution in [0.5, 0.6) is 5.75 Å². The highest BCUT2D eigenvalue weighted by Gasteiger charge is 2.25. The summed E-state index contributed by atoms with van der Waals surface area (Å²) in [6, 6.07) is 9.97. The van der Waals surface area contributed by atoms with E-state index in [1.165, 1.54) is 21.4 Å². The SMILES string of the molecule is Cc1cnc(COc2cc(C)n(-c3cc(-n4cccc(C(C)(C)C#N)c4=O)ncc3C)c(=O)c2Cl)c(F)c1. The Morgan fingerprint density at radius 2 is 1.84 bits per heavy atom. The zero-order valence-electron chi connectivity index (χ0n) is 21.5. The molecule has 0 fully saturated rings. The second-order valence-corrected chi connectivity index (χ2v) is 9.88. The summed E-state index contributed by atoms with van der Waals surface area (Å²) in [5, 5.41) is 9.32. The molecule has 0 radical (unpaired) electrons. The number of hydrogen-bond donors (Lipinski definition) is 0. The van der Waals surface area contributed by atoms with E-state index in [0.29, 0.717) is 28.1 Å². The van der Waals surface area contributed by atoms with Crippen LogP contribution in [-0.4, -0.2) is 19.1 Å². The molecule has 8 nitrogen and oxygen atoms in total. The number of rotatable bonds is 6. The van der Waals surface area contributed by atoms with E-state index in [1.807, 2.05) is 0 Å². The topological polar surface area (TPSA) is 103 Å². The average Bonchev–Trinajstić information content (AvgIpc) is 2.87. The Morgan fingerprint density at radius 3 is 2.53 bits per heavy atom. The van der Waals surface area contributed by atoms with Crippen LogP contribution in [-0.2, 0) is 12.0 Å². The first kappa shape index (κ1) is 26.8. The molecule has 38 heavy (non-hydrogen) atoms. The molecule has 4 aromatic heterocycles. The summed E-state index contributed by atoms with van der Waals surface area (Å²) in [6.07, 6.45) is 4.63. The van der Waals surface area contributed by atoms with Gasteiger partial charge in [-0.15, -0.1) is 0 Å². The Morgan fingerprint density at radius 1 is 1.11 bits per heavy atom. The number of aromatic nitrogens is 4. The predicted octanol–water partition coefficient (Wildman–Crippen LogP) is 4.88. The Bertz CT molecular complexity index is 1720. The monoisotopic (exact) mass is 533 g/mol. The molecule has 0 saturated heterocycles. The van der Waals surface area contributed by atoms with Crippen molar-refractivity contribution >= 4 is 11.6 Å². The van der Waals surface area contributed by atoms with Gasteiger partial charge in [-0.2, -0.15) is 5.26 Å². The fourth-order valence-corrected chi connectivity index (χ4v) is 4.18. The van der Waals surface area contributed by atoms with Crippen LogP contribution in [0, 0.1) is 37.9 Å². The summed E-state index contributed by atoms with van der Waals surface area (Å²) in [4.78, 5) is 35.0. The van der Waals surface area contributed by atoms with E-state index in [9.17, 15) is 19.2 Å². The lowest BCUT2D eigenvalue weighted by atomic mass is 9.87. The van der Waals surface area contributed by atoms with Gasteiger partial charge in [-0.3, -0.25) is 23.7 Å². The van der Waals surface area contributed by atoms with Crippen molar-refractivity contribution in [2.24, 2.45) is 0 Å². The fourth-order valence-electron chi connectivity index (χ4n) is 3.99. The molecule has 0 aliphatic rings. The standard InChI is InChI=1S/C28H25ClFN5O3/c1-16-9-20(30)21(32-12-16)14-38-23-10-18(3)35(27(37)25(23)29)22-11-24(33-13-17(22)2)34-8-6-7-19(26(34)36)28(4,5)15-31/h6-13H,14H2,1-5H3. The summed E-state index contributed by atoms with van der Waals surface area (Å²) in [7, 11) is 0. The van der Waals surface area contributed by atoms with Crippen molar-refractivity contribution < 1.29 is 9.13 Å². The Kier molecular flexibility index (Phi) is 7.20. The summed E-state index contributed by atoms with van der Waals surface area (Å²) < 4.78 is 22.6.